The van der Waals surface area contributed by atoms with Gasteiger partial charge in [0.05, 0.1) is 7.11 Å². The van der Waals surface area contributed by atoms with E-state index in [1.54, 1.807) is 0 Å². The number of hydrogen-bond acceptors (Lipinski definition) is 8. The maximum atomic E-state index is 11.2. The van der Waals surface area contributed by atoms with Crippen molar-refractivity contribution in [2.75, 3.05) is 24.3 Å². The van der Waals surface area contributed by atoms with Crippen molar-refractivity contribution in [1.29, 1.82) is 0 Å². The summed E-state index contributed by atoms with van der Waals surface area (Å²) < 4.78 is 4.46. The van der Waals surface area contributed by atoms with Crippen molar-refractivity contribution < 1.29 is 14.6 Å². The van der Waals surface area contributed by atoms with Crippen LogP contribution in [0.2, 0.25) is 0 Å². The van der Waals surface area contributed by atoms with Crippen LogP contribution in [0.15, 0.2) is 11.2 Å². The monoisotopic (exact) mass is 258 g/mol. The molecule has 5 N–H and O–H groups in total. The summed E-state index contributed by atoms with van der Waals surface area (Å²) in [4.78, 5) is 19.0. The highest BCUT2D eigenvalue weighted by atomic mass is 32.2. The minimum Gasteiger partial charge on any atom is -0.467 e. The Kier molecular flexibility index (Phi) is 4.13. The average Bonchev–Trinajstić information content (AvgIpc) is 2.24. The van der Waals surface area contributed by atoms with E-state index >= 15 is 0 Å². The van der Waals surface area contributed by atoms with E-state index in [0.717, 1.165) is 11.8 Å². The van der Waals surface area contributed by atoms with Gasteiger partial charge in [-0.1, -0.05) is 11.8 Å². The van der Waals surface area contributed by atoms with Crippen molar-refractivity contribution in [3.8, 4) is 0 Å². The van der Waals surface area contributed by atoms with E-state index in [4.69, 9.17) is 11.5 Å². The molecule has 0 aliphatic rings. The number of nitrogens with two attached hydrogens (primary N) is 2. The van der Waals surface area contributed by atoms with E-state index in [1.807, 2.05) is 0 Å². The molecule has 0 bridgehead atoms. The van der Waals surface area contributed by atoms with Crippen LogP contribution in [0.1, 0.15) is 6.92 Å². The van der Waals surface area contributed by atoms with Crippen molar-refractivity contribution in [3.05, 3.63) is 6.07 Å². The third-order valence-electron chi connectivity index (χ3n) is 1.85. The topological polar surface area (TPSA) is 124 Å². The van der Waals surface area contributed by atoms with Gasteiger partial charge in [-0.05, 0) is 6.92 Å². The number of rotatable bonds is 4. The third kappa shape index (κ3) is 3.75. The van der Waals surface area contributed by atoms with E-state index in [2.05, 4.69) is 14.7 Å². The smallest absolute Gasteiger partial charge is 0.338 e. The number of nitrogens with zero attached hydrogens (tertiary/aromatic N) is 2. The van der Waals surface area contributed by atoms with Crippen LogP contribution in [0.5, 0.6) is 0 Å². The van der Waals surface area contributed by atoms with Gasteiger partial charge in [0.25, 0.3) is 0 Å². The van der Waals surface area contributed by atoms with Crippen LogP contribution >= 0.6 is 11.8 Å². The van der Waals surface area contributed by atoms with E-state index in [0.29, 0.717) is 5.16 Å². The number of carbonyl (C=O) groups excluding carboxylic acids is 1. The average molecular weight is 258 g/mol. The lowest BCUT2D eigenvalue weighted by molar-refractivity contribution is -0.158. The standard InChI is InChI=1S/C9H14N4O3S/c1-9(15,7(14)16-2)4-17-8-12-5(10)3-6(11)13-8/h3,15H,4H2,1-2H3,(H4,10,11,12,13). The predicted octanol–water partition coefficient (Wildman–Crippen LogP) is -0.343. The molecule has 1 heterocycles. The molecule has 0 fully saturated rings. The number of nitrogen functional groups attached to an aromatic ring is 2. The number of hydrogen-bond donors (Lipinski definition) is 3. The zero-order chi connectivity index (χ0) is 13.1. The first-order valence-corrected chi connectivity index (χ1v) is 5.67. The summed E-state index contributed by atoms with van der Waals surface area (Å²) in [6, 6.07) is 1.42. The number of aromatic nitrogens is 2. The normalized spacial score (nSPS) is 14.1. The minimum atomic E-state index is -1.61. The first-order chi connectivity index (χ1) is 7.85. The van der Waals surface area contributed by atoms with E-state index in [1.165, 1.54) is 20.1 Å². The highest BCUT2D eigenvalue weighted by molar-refractivity contribution is 7.99. The molecule has 1 aromatic heterocycles. The van der Waals surface area contributed by atoms with Gasteiger partial charge >= 0.3 is 5.97 Å². The van der Waals surface area contributed by atoms with Crippen molar-refractivity contribution in [2.45, 2.75) is 17.7 Å². The summed E-state index contributed by atoms with van der Waals surface area (Å²) in [7, 11) is 1.20. The molecule has 17 heavy (non-hydrogen) atoms. The number of methoxy groups -OCH3 is 1. The Morgan fingerprint density at radius 3 is 2.53 bits per heavy atom. The lowest BCUT2D eigenvalue weighted by Gasteiger charge is -2.18. The second-order valence-corrected chi connectivity index (χ2v) is 4.50. The molecule has 8 heteroatoms. The van der Waals surface area contributed by atoms with Gasteiger partial charge < -0.3 is 21.3 Å². The Morgan fingerprint density at radius 2 is 2.06 bits per heavy atom. The Morgan fingerprint density at radius 1 is 1.53 bits per heavy atom. The second kappa shape index (κ2) is 5.19. The number of thioether (sulfide) groups is 1. The lowest BCUT2D eigenvalue weighted by Crippen LogP contribution is -2.38. The summed E-state index contributed by atoms with van der Waals surface area (Å²) in [5.74, 6) is -0.208. The Labute approximate surface area is 103 Å². The molecular formula is C9H14N4O3S. The molecule has 0 amide bonds. The number of aliphatic hydroxyl groups is 1. The van der Waals surface area contributed by atoms with Crippen LogP contribution in [-0.2, 0) is 9.53 Å². The highest BCUT2D eigenvalue weighted by Gasteiger charge is 2.31. The van der Waals surface area contributed by atoms with Gasteiger partial charge in [-0.2, -0.15) is 0 Å². The molecule has 1 aromatic rings. The summed E-state index contributed by atoms with van der Waals surface area (Å²) >= 11 is 1.07. The largest absolute Gasteiger partial charge is 0.467 e. The molecule has 0 aromatic carbocycles. The zero-order valence-corrected chi connectivity index (χ0v) is 10.3. The summed E-state index contributed by atoms with van der Waals surface area (Å²) in [6.07, 6.45) is 0. The quantitative estimate of drug-likeness (QED) is 0.380. The van der Waals surface area contributed by atoms with Crippen LogP contribution < -0.4 is 11.5 Å². The molecule has 0 aliphatic carbocycles. The molecular weight excluding hydrogens is 244 g/mol. The van der Waals surface area contributed by atoms with Gasteiger partial charge in [0.15, 0.2) is 10.8 Å². The van der Waals surface area contributed by atoms with Crippen molar-refractivity contribution >= 4 is 29.4 Å². The third-order valence-corrected chi connectivity index (χ3v) is 3.00. The number of ether oxygens (including phenoxy) is 1. The van der Waals surface area contributed by atoms with Crippen molar-refractivity contribution in [2.24, 2.45) is 0 Å². The fourth-order valence-electron chi connectivity index (χ4n) is 1.01. The van der Waals surface area contributed by atoms with E-state index < -0.39 is 11.6 Å². The van der Waals surface area contributed by atoms with Crippen LogP contribution in [0.25, 0.3) is 0 Å². The molecule has 0 saturated heterocycles. The van der Waals surface area contributed by atoms with Crippen LogP contribution in [0.4, 0.5) is 11.6 Å². The van der Waals surface area contributed by atoms with Gasteiger partial charge in [0.2, 0.25) is 0 Å². The van der Waals surface area contributed by atoms with Gasteiger partial charge in [-0.3, -0.25) is 0 Å². The fourth-order valence-corrected chi connectivity index (χ4v) is 1.88. The number of anilines is 2. The van der Waals surface area contributed by atoms with Gasteiger partial charge in [-0.25, -0.2) is 14.8 Å². The minimum absolute atomic E-state index is 0.0442. The van der Waals surface area contributed by atoms with E-state index in [9.17, 15) is 9.90 Å². The first-order valence-electron chi connectivity index (χ1n) is 4.69. The number of esters is 1. The molecule has 7 nitrogen and oxygen atoms in total. The maximum Gasteiger partial charge on any atom is 0.338 e. The molecule has 0 radical (unpaired) electrons. The SMILES string of the molecule is COC(=O)C(C)(O)CSc1nc(N)cc(N)n1. The Balaban J connectivity index is 2.70. The molecule has 1 unspecified atom stereocenters. The first kappa shape index (κ1) is 13.5. The molecule has 0 aliphatic heterocycles. The van der Waals surface area contributed by atoms with Crippen LogP contribution in [0, 0.1) is 0 Å². The molecule has 0 saturated carbocycles. The predicted molar refractivity (Wildman–Crippen MR) is 64.2 cm³/mol. The van der Waals surface area contributed by atoms with Gasteiger partial charge in [0.1, 0.15) is 11.6 Å². The van der Waals surface area contributed by atoms with Gasteiger partial charge in [-0.15, -0.1) is 0 Å². The molecule has 1 rings (SSSR count). The van der Waals surface area contributed by atoms with E-state index in [-0.39, 0.29) is 17.4 Å². The molecule has 1 atom stereocenters. The van der Waals surface area contributed by atoms with Crippen molar-refractivity contribution in [3.63, 3.8) is 0 Å². The zero-order valence-electron chi connectivity index (χ0n) is 9.51. The fraction of sp³-hybridized carbons (Fsp3) is 0.444. The summed E-state index contributed by atoms with van der Waals surface area (Å²) in [5.41, 5.74) is 9.36. The maximum absolute atomic E-state index is 11.2. The molecule has 94 valence electrons. The Hall–Kier alpha value is -1.54. The molecule has 0 spiro atoms. The second-order valence-electron chi connectivity index (χ2n) is 3.55. The number of carbonyl (C=O) groups is 1. The van der Waals surface area contributed by atoms with Crippen molar-refractivity contribution in [1.82, 2.24) is 9.97 Å². The van der Waals surface area contributed by atoms with Crippen LogP contribution in [0.3, 0.4) is 0 Å². The summed E-state index contributed by atoms with van der Waals surface area (Å²) in [6.45, 7) is 1.35. The Bertz CT molecular complexity index is 404. The summed E-state index contributed by atoms with van der Waals surface area (Å²) in [5, 5.41) is 10.1. The van der Waals surface area contributed by atoms with Gasteiger partial charge in [0, 0.05) is 11.8 Å². The lowest BCUT2D eigenvalue weighted by atomic mass is 10.1. The van der Waals surface area contributed by atoms with Crippen LogP contribution in [-0.4, -0.2) is 39.5 Å². The highest BCUT2D eigenvalue weighted by Crippen LogP contribution is 2.21.